The zero-order valence-corrected chi connectivity index (χ0v) is 16.0. The Morgan fingerprint density at radius 1 is 1.20 bits per heavy atom. The molecule has 2 aromatic rings. The Hall–Kier alpha value is -3.25. The molecule has 1 aliphatic heterocycles. The lowest BCUT2D eigenvalue weighted by molar-refractivity contribution is -0.137. The van der Waals surface area contributed by atoms with Gasteiger partial charge in [-0.3, -0.25) is 4.79 Å². The van der Waals surface area contributed by atoms with Crippen molar-refractivity contribution in [2.45, 2.75) is 12.2 Å². The van der Waals surface area contributed by atoms with Crippen LogP contribution in [-0.2, 0) is 11.0 Å². The summed E-state index contributed by atoms with van der Waals surface area (Å²) in [6, 6.07) is 13.3. The van der Waals surface area contributed by atoms with Gasteiger partial charge in [0.1, 0.15) is 5.75 Å². The zero-order valence-electron chi connectivity index (χ0n) is 16.0. The number of carbonyl (C=O) groups excluding carboxylic acids is 1. The van der Waals surface area contributed by atoms with Gasteiger partial charge in [-0.15, -0.1) is 0 Å². The highest BCUT2D eigenvalue weighted by Crippen LogP contribution is 2.35. The van der Waals surface area contributed by atoms with Crippen molar-refractivity contribution >= 4 is 11.6 Å². The molecule has 0 radical (unpaired) electrons. The number of halogens is 3. The maximum atomic E-state index is 13.3. The number of carbonyl (C=O) groups is 1. The van der Waals surface area contributed by atoms with Crippen molar-refractivity contribution < 1.29 is 27.8 Å². The molecule has 1 atom stereocenters. The number of nitrogens with zero attached hydrogens (tertiary/aromatic N) is 3. The summed E-state index contributed by atoms with van der Waals surface area (Å²) < 4.78 is 45.3. The van der Waals surface area contributed by atoms with E-state index in [9.17, 15) is 23.1 Å². The lowest BCUT2D eigenvalue weighted by Crippen LogP contribution is -2.57. The minimum absolute atomic E-state index is 0.148. The van der Waals surface area contributed by atoms with Crippen molar-refractivity contribution in [1.29, 1.82) is 5.26 Å². The van der Waals surface area contributed by atoms with E-state index in [0.29, 0.717) is 5.75 Å². The summed E-state index contributed by atoms with van der Waals surface area (Å²) in [5.74, 6) is 0.285. The third-order valence-electron chi connectivity index (χ3n) is 4.91. The molecule has 0 aliphatic carbocycles. The van der Waals surface area contributed by atoms with Gasteiger partial charge in [0.2, 0.25) is 0 Å². The van der Waals surface area contributed by atoms with E-state index >= 15 is 0 Å². The second kappa shape index (κ2) is 9.05. The van der Waals surface area contributed by atoms with Gasteiger partial charge in [0.05, 0.1) is 29.8 Å². The highest BCUT2D eigenvalue weighted by atomic mass is 19.4. The molecule has 1 saturated heterocycles. The number of nitriles is 1. The number of piperazine rings is 1. The molecule has 0 bridgehead atoms. The number of anilines is 1. The number of aliphatic hydroxyl groups is 1. The molecule has 1 N–H and O–H groups in total. The zero-order chi connectivity index (χ0) is 21.7. The van der Waals surface area contributed by atoms with Crippen LogP contribution >= 0.6 is 0 Å². The van der Waals surface area contributed by atoms with Crippen LogP contribution < -0.4 is 9.64 Å². The Labute approximate surface area is 171 Å². The molecular formula is C21H20F3N3O3. The van der Waals surface area contributed by atoms with Crippen molar-refractivity contribution in [2.24, 2.45) is 0 Å². The lowest BCUT2D eigenvalue weighted by atomic mass is 10.0. The molecule has 3 rings (SSSR count). The quantitative estimate of drug-likeness (QED) is 0.807. The number of alkyl halides is 3. The number of benzene rings is 2. The van der Waals surface area contributed by atoms with Gasteiger partial charge < -0.3 is 19.6 Å². The minimum Gasteiger partial charge on any atom is -0.484 e. The van der Waals surface area contributed by atoms with E-state index in [1.807, 2.05) is 6.07 Å². The fourth-order valence-corrected chi connectivity index (χ4v) is 3.37. The lowest BCUT2D eigenvalue weighted by Gasteiger charge is -2.42. The van der Waals surface area contributed by atoms with Crippen molar-refractivity contribution in [3.63, 3.8) is 0 Å². The van der Waals surface area contributed by atoms with Crippen LogP contribution in [0.15, 0.2) is 48.5 Å². The maximum absolute atomic E-state index is 13.3. The fraction of sp³-hybridized carbons (Fsp3) is 0.333. The van der Waals surface area contributed by atoms with Crippen molar-refractivity contribution in [1.82, 2.24) is 4.90 Å². The van der Waals surface area contributed by atoms with Crippen LogP contribution in [-0.4, -0.2) is 54.8 Å². The largest absolute Gasteiger partial charge is 0.484 e. The molecule has 0 aromatic heterocycles. The highest BCUT2D eigenvalue weighted by Gasteiger charge is 2.36. The smallest absolute Gasteiger partial charge is 0.417 e. The number of para-hydroxylation sites is 1. The molecule has 2 aromatic carbocycles. The first-order chi connectivity index (χ1) is 14.3. The highest BCUT2D eigenvalue weighted by molar-refractivity contribution is 5.78. The second-order valence-corrected chi connectivity index (χ2v) is 6.81. The van der Waals surface area contributed by atoms with Crippen LogP contribution in [0.1, 0.15) is 11.1 Å². The van der Waals surface area contributed by atoms with Gasteiger partial charge in [-0.25, -0.2) is 0 Å². The van der Waals surface area contributed by atoms with Gasteiger partial charge in [-0.1, -0.05) is 18.2 Å². The first-order valence-electron chi connectivity index (χ1n) is 9.28. The molecule has 1 unspecified atom stereocenters. The molecule has 158 valence electrons. The van der Waals surface area contributed by atoms with E-state index in [2.05, 4.69) is 0 Å². The van der Waals surface area contributed by atoms with Crippen molar-refractivity contribution in [3.8, 4) is 11.8 Å². The summed E-state index contributed by atoms with van der Waals surface area (Å²) in [5.41, 5.74) is -1.24. The number of aliphatic hydroxyl groups excluding tert-OH is 1. The number of rotatable bonds is 5. The average molecular weight is 419 g/mol. The molecule has 0 saturated carbocycles. The van der Waals surface area contributed by atoms with Gasteiger partial charge in [0.25, 0.3) is 5.91 Å². The average Bonchev–Trinajstić information content (AvgIpc) is 2.76. The summed E-state index contributed by atoms with van der Waals surface area (Å²) in [5, 5.41) is 18.7. The van der Waals surface area contributed by atoms with Crippen molar-refractivity contribution in [3.05, 3.63) is 59.7 Å². The number of amides is 1. The van der Waals surface area contributed by atoms with Crippen LogP contribution in [0.2, 0.25) is 0 Å². The Balaban J connectivity index is 1.70. The first-order valence-corrected chi connectivity index (χ1v) is 9.28. The minimum atomic E-state index is -4.66. The summed E-state index contributed by atoms with van der Waals surface area (Å²) in [6.45, 7) is 0.150. The van der Waals surface area contributed by atoms with Crippen LogP contribution in [0.3, 0.4) is 0 Å². The Morgan fingerprint density at radius 2 is 1.93 bits per heavy atom. The Kier molecular flexibility index (Phi) is 6.47. The molecule has 6 nitrogen and oxygen atoms in total. The summed E-state index contributed by atoms with van der Waals surface area (Å²) in [6.07, 6.45) is -4.66. The van der Waals surface area contributed by atoms with Crippen LogP contribution in [0.5, 0.6) is 5.75 Å². The first kappa shape index (κ1) is 21.5. The molecule has 1 amide bonds. The number of hydrogen-bond donors (Lipinski definition) is 1. The monoisotopic (exact) mass is 419 g/mol. The van der Waals surface area contributed by atoms with E-state index in [-0.39, 0.29) is 44.4 Å². The molecule has 9 heteroatoms. The van der Waals surface area contributed by atoms with E-state index in [1.54, 1.807) is 35.2 Å². The van der Waals surface area contributed by atoms with Gasteiger partial charge in [-0.2, -0.15) is 18.4 Å². The molecular weight excluding hydrogens is 399 g/mol. The van der Waals surface area contributed by atoms with E-state index in [1.165, 1.54) is 11.0 Å². The molecule has 1 heterocycles. The normalized spacial score (nSPS) is 16.8. The topological polar surface area (TPSA) is 76.8 Å². The predicted octanol–water partition coefficient (Wildman–Crippen LogP) is 2.67. The molecule has 1 fully saturated rings. The predicted molar refractivity (Wildman–Crippen MR) is 103 cm³/mol. The van der Waals surface area contributed by atoms with Crippen molar-refractivity contribution in [2.75, 3.05) is 37.7 Å². The third kappa shape index (κ3) is 4.83. The summed E-state index contributed by atoms with van der Waals surface area (Å²) in [4.78, 5) is 15.6. The Bertz CT molecular complexity index is 929. The van der Waals surface area contributed by atoms with Crippen LogP contribution in [0.25, 0.3) is 0 Å². The Morgan fingerprint density at radius 3 is 2.57 bits per heavy atom. The van der Waals surface area contributed by atoms with Gasteiger partial charge in [0.15, 0.2) is 6.61 Å². The summed E-state index contributed by atoms with van der Waals surface area (Å²) >= 11 is 0. The van der Waals surface area contributed by atoms with Crippen LogP contribution in [0, 0.1) is 11.3 Å². The molecule has 30 heavy (non-hydrogen) atoms. The van der Waals surface area contributed by atoms with E-state index < -0.39 is 23.3 Å². The summed E-state index contributed by atoms with van der Waals surface area (Å²) in [7, 11) is 0. The van der Waals surface area contributed by atoms with Gasteiger partial charge >= 0.3 is 6.18 Å². The van der Waals surface area contributed by atoms with Crippen LogP contribution in [0.4, 0.5) is 18.9 Å². The fourth-order valence-electron chi connectivity index (χ4n) is 3.37. The number of hydrogen-bond acceptors (Lipinski definition) is 5. The van der Waals surface area contributed by atoms with E-state index in [4.69, 9.17) is 10.00 Å². The number of ether oxygens (including phenoxy) is 1. The van der Waals surface area contributed by atoms with Gasteiger partial charge in [0, 0.05) is 25.3 Å². The molecule has 1 aliphatic rings. The SMILES string of the molecule is N#Cc1ccc(N2CCN(C(=O)COc3ccccc3)CC2CO)cc1C(F)(F)F. The second-order valence-electron chi connectivity index (χ2n) is 6.81. The third-order valence-corrected chi connectivity index (χ3v) is 4.91. The van der Waals surface area contributed by atoms with E-state index in [0.717, 1.165) is 12.1 Å². The van der Waals surface area contributed by atoms with Gasteiger partial charge in [-0.05, 0) is 30.3 Å². The standard InChI is InChI=1S/C21H20F3N3O3/c22-21(23,24)19-10-16(7-6-15(19)11-25)27-9-8-26(12-17(27)13-28)20(29)14-30-18-4-2-1-3-5-18/h1-7,10,17,28H,8-9,12-14H2. The maximum Gasteiger partial charge on any atom is 0.417 e. The molecule has 0 spiro atoms.